The van der Waals surface area contributed by atoms with E-state index < -0.39 is 0 Å². The lowest BCUT2D eigenvalue weighted by Gasteiger charge is -2.29. The Morgan fingerprint density at radius 1 is 0.545 bits per heavy atom. The van der Waals surface area contributed by atoms with Gasteiger partial charge in [-0.2, -0.15) is 0 Å². The van der Waals surface area contributed by atoms with E-state index in [2.05, 4.69) is 62.4 Å². The van der Waals surface area contributed by atoms with Gasteiger partial charge in [0.2, 0.25) is 0 Å². The first kappa shape index (κ1) is 26.1. The Morgan fingerprint density at radius 2 is 1.06 bits per heavy atom. The van der Waals surface area contributed by atoms with Gasteiger partial charge in [0.05, 0.1) is 0 Å². The van der Waals surface area contributed by atoms with E-state index in [1.54, 1.807) is 5.56 Å². The van der Waals surface area contributed by atoms with Crippen molar-refractivity contribution in [2.75, 3.05) is 0 Å². The summed E-state index contributed by atoms with van der Waals surface area (Å²) in [4.78, 5) is 0. The van der Waals surface area contributed by atoms with Gasteiger partial charge in [-0.25, -0.2) is 0 Å². The van der Waals surface area contributed by atoms with Crippen molar-refractivity contribution >= 4 is 0 Å². The van der Waals surface area contributed by atoms with Crippen LogP contribution in [0.5, 0.6) is 0 Å². The SMILES string of the molecule is CCCCCCCCC1CCC(c2ccc(-c3ccc(CCCCCCC)cc3)cc2)CC1. The number of rotatable bonds is 15. The summed E-state index contributed by atoms with van der Waals surface area (Å²) in [7, 11) is 0. The first-order valence-corrected chi connectivity index (χ1v) is 14.5. The van der Waals surface area contributed by atoms with Crippen molar-refractivity contribution in [1.29, 1.82) is 0 Å². The van der Waals surface area contributed by atoms with E-state index in [1.807, 2.05) is 0 Å². The Hall–Kier alpha value is -1.56. The molecule has 0 heteroatoms. The zero-order chi connectivity index (χ0) is 23.1. The molecule has 0 saturated heterocycles. The smallest absolute Gasteiger partial charge is 0.0162 e. The van der Waals surface area contributed by atoms with E-state index >= 15 is 0 Å². The first-order chi connectivity index (χ1) is 16.3. The average Bonchev–Trinajstić information content (AvgIpc) is 2.87. The molecular weight excluding hydrogens is 396 g/mol. The van der Waals surface area contributed by atoms with Gasteiger partial charge in [0.1, 0.15) is 0 Å². The van der Waals surface area contributed by atoms with E-state index in [4.69, 9.17) is 0 Å². The number of unbranched alkanes of at least 4 members (excludes halogenated alkanes) is 9. The topological polar surface area (TPSA) is 0 Å². The van der Waals surface area contributed by atoms with Gasteiger partial charge >= 0.3 is 0 Å². The van der Waals surface area contributed by atoms with Crippen molar-refractivity contribution in [3.63, 3.8) is 0 Å². The lowest BCUT2D eigenvalue weighted by molar-refractivity contribution is 0.302. The van der Waals surface area contributed by atoms with Crippen LogP contribution in [-0.2, 0) is 6.42 Å². The summed E-state index contributed by atoms with van der Waals surface area (Å²) in [6.45, 7) is 4.59. The molecule has 1 fully saturated rings. The Bertz CT molecular complexity index is 731. The third-order valence-electron chi connectivity index (χ3n) is 8.05. The van der Waals surface area contributed by atoms with Crippen LogP contribution in [-0.4, -0.2) is 0 Å². The molecule has 1 aliphatic rings. The summed E-state index contributed by atoms with van der Waals surface area (Å²) in [5.74, 6) is 1.78. The minimum absolute atomic E-state index is 0.787. The van der Waals surface area contributed by atoms with E-state index in [0.29, 0.717) is 0 Å². The summed E-state index contributed by atoms with van der Waals surface area (Å²) in [5, 5.41) is 0. The van der Waals surface area contributed by atoms with Gasteiger partial charge in [0.15, 0.2) is 0 Å². The highest BCUT2D eigenvalue weighted by Crippen LogP contribution is 2.38. The van der Waals surface area contributed by atoms with Crippen molar-refractivity contribution in [3.8, 4) is 11.1 Å². The third kappa shape index (κ3) is 9.30. The average molecular weight is 447 g/mol. The fourth-order valence-electron chi connectivity index (χ4n) is 5.74. The quantitative estimate of drug-likeness (QED) is 0.239. The van der Waals surface area contributed by atoms with Gasteiger partial charge in [-0.1, -0.05) is 133 Å². The first-order valence-electron chi connectivity index (χ1n) is 14.5. The van der Waals surface area contributed by atoms with Crippen LogP contribution in [0.2, 0.25) is 0 Å². The van der Waals surface area contributed by atoms with Crippen LogP contribution in [0, 0.1) is 5.92 Å². The number of hydrogen-bond acceptors (Lipinski definition) is 0. The predicted octanol–water partition coefficient (Wildman–Crippen LogP) is 10.9. The molecule has 0 amide bonds. The van der Waals surface area contributed by atoms with Crippen LogP contribution in [0.3, 0.4) is 0 Å². The summed E-state index contributed by atoms with van der Waals surface area (Å²) in [6, 6.07) is 18.9. The maximum Gasteiger partial charge on any atom is -0.0162 e. The molecule has 182 valence electrons. The fraction of sp³-hybridized carbons (Fsp3) is 0.636. The number of hydrogen-bond donors (Lipinski definition) is 0. The van der Waals surface area contributed by atoms with Crippen LogP contribution in [0.25, 0.3) is 11.1 Å². The maximum atomic E-state index is 2.41. The summed E-state index contributed by atoms with van der Waals surface area (Å²) >= 11 is 0. The normalized spacial score (nSPS) is 18.5. The third-order valence-corrected chi connectivity index (χ3v) is 8.05. The molecule has 0 unspecified atom stereocenters. The molecular formula is C33H50. The van der Waals surface area contributed by atoms with E-state index in [0.717, 1.165) is 11.8 Å². The highest BCUT2D eigenvalue weighted by Gasteiger charge is 2.22. The van der Waals surface area contributed by atoms with Crippen LogP contribution in [0.15, 0.2) is 48.5 Å². The molecule has 0 N–H and O–H groups in total. The standard InChI is InChI=1S/C33H50/c1-3-5-7-9-11-13-15-29-18-22-31(23-19-29)33-26-24-32(25-27-33)30-20-16-28(17-21-30)14-12-10-8-6-4-2/h16-17,20-21,24-27,29,31H,3-15,18-19,22-23H2,1-2H3. The van der Waals surface area contributed by atoms with Crippen LogP contribution in [0.1, 0.15) is 134 Å². The summed E-state index contributed by atoms with van der Waals surface area (Å²) in [6.07, 6.45) is 23.8. The molecule has 0 bridgehead atoms. The zero-order valence-electron chi connectivity index (χ0n) is 21.8. The Kier molecular flexibility index (Phi) is 12.1. The summed E-state index contributed by atoms with van der Waals surface area (Å²) < 4.78 is 0. The van der Waals surface area contributed by atoms with Crippen molar-refractivity contribution in [2.24, 2.45) is 5.92 Å². The van der Waals surface area contributed by atoms with Gasteiger partial charge in [-0.3, -0.25) is 0 Å². The molecule has 33 heavy (non-hydrogen) atoms. The second-order valence-electron chi connectivity index (χ2n) is 10.8. The van der Waals surface area contributed by atoms with Gasteiger partial charge in [0, 0.05) is 0 Å². The van der Waals surface area contributed by atoms with E-state index in [9.17, 15) is 0 Å². The molecule has 0 atom stereocenters. The van der Waals surface area contributed by atoms with Crippen molar-refractivity contribution < 1.29 is 0 Å². The molecule has 1 saturated carbocycles. The second kappa shape index (κ2) is 15.4. The van der Waals surface area contributed by atoms with Crippen LogP contribution < -0.4 is 0 Å². The number of aryl methyl sites for hydroxylation is 1. The molecule has 3 rings (SSSR count). The molecule has 2 aromatic carbocycles. The monoisotopic (exact) mass is 446 g/mol. The van der Waals surface area contributed by atoms with Gasteiger partial charge in [-0.05, 0) is 72.6 Å². The molecule has 0 aromatic heterocycles. The number of benzene rings is 2. The lowest BCUT2D eigenvalue weighted by atomic mass is 9.77. The molecule has 0 heterocycles. The van der Waals surface area contributed by atoms with Gasteiger partial charge in [0.25, 0.3) is 0 Å². The molecule has 0 spiro atoms. The summed E-state index contributed by atoms with van der Waals surface area (Å²) in [5.41, 5.74) is 5.79. The highest BCUT2D eigenvalue weighted by molar-refractivity contribution is 5.64. The Balaban J connectivity index is 1.39. The van der Waals surface area contributed by atoms with Gasteiger partial charge < -0.3 is 0 Å². The second-order valence-corrected chi connectivity index (χ2v) is 10.8. The van der Waals surface area contributed by atoms with Crippen molar-refractivity contribution in [2.45, 2.75) is 129 Å². The highest BCUT2D eigenvalue weighted by atomic mass is 14.3. The largest absolute Gasteiger partial charge is 0.0654 e. The minimum Gasteiger partial charge on any atom is -0.0654 e. The van der Waals surface area contributed by atoms with E-state index in [1.165, 1.54) is 126 Å². The maximum absolute atomic E-state index is 2.41. The minimum atomic E-state index is 0.787. The fourth-order valence-corrected chi connectivity index (χ4v) is 5.74. The van der Waals surface area contributed by atoms with Crippen LogP contribution in [0.4, 0.5) is 0 Å². The van der Waals surface area contributed by atoms with Crippen molar-refractivity contribution in [3.05, 3.63) is 59.7 Å². The molecule has 1 aliphatic carbocycles. The Morgan fingerprint density at radius 3 is 1.67 bits per heavy atom. The lowest BCUT2D eigenvalue weighted by Crippen LogP contribution is -2.13. The molecule has 0 radical (unpaired) electrons. The molecule has 0 nitrogen and oxygen atoms in total. The predicted molar refractivity (Wildman–Crippen MR) is 147 cm³/mol. The molecule has 2 aromatic rings. The van der Waals surface area contributed by atoms with Gasteiger partial charge in [-0.15, -0.1) is 0 Å². The zero-order valence-corrected chi connectivity index (χ0v) is 21.8. The van der Waals surface area contributed by atoms with E-state index in [-0.39, 0.29) is 0 Å². The Labute approximate surface area is 205 Å². The van der Waals surface area contributed by atoms with Crippen molar-refractivity contribution in [1.82, 2.24) is 0 Å². The molecule has 0 aliphatic heterocycles. The van der Waals surface area contributed by atoms with Crippen LogP contribution >= 0.6 is 0 Å².